The zero-order valence-electron chi connectivity index (χ0n) is 19.8. The molecule has 2 aromatic heterocycles. The molecule has 1 aliphatic rings. The third-order valence-electron chi connectivity index (χ3n) is 6.01. The first-order chi connectivity index (χ1) is 16.2. The molecule has 0 saturated carbocycles. The third kappa shape index (κ3) is 4.51. The largest absolute Gasteiger partial charge is 0.487 e. The number of carbonyl (C=O) groups is 2. The minimum Gasteiger partial charge on any atom is -0.487 e. The monoisotopic (exact) mass is 460 g/mol. The lowest BCUT2D eigenvalue weighted by Gasteiger charge is -2.38. The highest BCUT2D eigenvalue weighted by Crippen LogP contribution is 2.43. The summed E-state index contributed by atoms with van der Waals surface area (Å²) in [5, 5.41) is 0. The van der Waals surface area contributed by atoms with Crippen molar-refractivity contribution in [1.29, 1.82) is 0 Å². The van der Waals surface area contributed by atoms with Gasteiger partial charge in [-0.15, -0.1) is 0 Å². The fraction of sp³-hybridized carbons (Fsp3) is 0.333. The Hall–Kier alpha value is -3.74. The van der Waals surface area contributed by atoms with Crippen LogP contribution >= 0.6 is 0 Å². The summed E-state index contributed by atoms with van der Waals surface area (Å²) in [6.45, 7) is 8.51. The zero-order chi connectivity index (χ0) is 24.5. The van der Waals surface area contributed by atoms with Crippen molar-refractivity contribution in [1.82, 2.24) is 9.55 Å². The van der Waals surface area contributed by atoms with Crippen molar-refractivity contribution in [3.8, 4) is 17.1 Å². The number of ether oxygens (including phenoxy) is 2. The molecule has 0 aliphatic carbocycles. The van der Waals surface area contributed by atoms with E-state index in [2.05, 4.69) is 25.8 Å². The second kappa shape index (κ2) is 9.25. The number of hydrogen-bond acceptors (Lipinski definition) is 6. The average molecular weight is 461 g/mol. The van der Waals surface area contributed by atoms with Crippen LogP contribution in [0.1, 0.15) is 65.7 Å². The number of benzene rings is 1. The highest BCUT2D eigenvalue weighted by molar-refractivity contribution is 5.89. The number of pyridine rings is 2. The first kappa shape index (κ1) is 23.4. The van der Waals surface area contributed by atoms with Gasteiger partial charge >= 0.3 is 5.97 Å². The van der Waals surface area contributed by atoms with Crippen molar-refractivity contribution in [2.45, 2.75) is 46.8 Å². The molecule has 0 saturated heterocycles. The van der Waals surface area contributed by atoms with Gasteiger partial charge < -0.3 is 14.0 Å². The number of aromatic nitrogens is 2. The van der Waals surface area contributed by atoms with E-state index in [9.17, 15) is 14.4 Å². The number of esters is 1. The molecule has 1 aromatic carbocycles. The summed E-state index contributed by atoms with van der Waals surface area (Å²) in [6, 6.07) is 12.9. The molecule has 7 heteroatoms. The van der Waals surface area contributed by atoms with Gasteiger partial charge in [0.15, 0.2) is 11.7 Å². The zero-order valence-corrected chi connectivity index (χ0v) is 19.8. The van der Waals surface area contributed by atoms with Gasteiger partial charge in [-0.25, -0.2) is 9.78 Å². The van der Waals surface area contributed by atoms with Crippen LogP contribution in [0.4, 0.5) is 0 Å². The molecule has 0 bridgehead atoms. The summed E-state index contributed by atoms with van der Waals surface area (Å²) < 4.78 is 13.0. The Bertz CT molecular complexity index is 1290. The molecule has 1 unspecified atom stereocenters. The van der Waals surface area contributed by atoms with Gasteiger partial charge in [0.25, 0.3) is 0 Å². The summed E-state index contributed by atoms with van der Waals surface area (Å²) in [5.74, 6) is -0.239. The summed E-state index contributed by atoms with van der Waals surface area (Å²) in [4.78, 5) is 41.6. The minimum atomic E-state index is -0.646. The van der Waals surface area contributed by atoms with E-state index in [-0.39, 0.29) is 29.3 Å². The molecule has 1 atom stereocenters. The molecule has 4 rings (SSSR count). The number of rotatable bonds is 6. The van der Waals surface area contributed by atoms with Crippen molar-refractivity contribution in [2.24, 2.45) is 5.41 Å². The quantitative estimate of drug-likeness (QED) is 0.394. The predicted octanol–water partition coefficient (Wildman–Crippen LogP) is 4.62. The Morgan fingerprint density at radius 3 is 2.59 bits per heavy atom. The van der Waals surface area contributed by atoms with E-state index in [1.807, 2.05) is 41.0 Å². The van der Waals surface area contributed by atoms with Crippen LogP contribution < -0.4 is 10.2 Å². The highest BCUT2D eigenvalue weighted by atomic mass is 16.5. The Kier molecular flexibility index (Phi) is 6.37. The number of hydrogen-bond donors (Lipinski definition) is 0. The number of nitrogens with zero attached hydrogens (tertiary/aromatic N) is 2. The molecule has 0 spiro atoms. The van der Waals surface area contributed by atoms with Crippen molar-refractivity contribution < 1.29 is 19.1 Å². The predicted molar refractivity (Wildman–Crippen MR) is 128 cm³/mol. The van der Waals surface area contributed by atoms with E-state index >= 15 is 0 Å². The lowest BCUT2D eigenvalue weighted by Crippen LogP contribution is -2.33. The van der Waals surface area contributed by atoms with Crippen LogP contribution in [0.2, 0.25) is 0 Å². The summed E-state index contributed by atoms with van der Waals surface area (Å²) in [7, 11) is 0. The number of fused-ring (bicyclic) bond motifs is 3. The van der Waals surface area contributed by atoms with Crippen LogP contribution in [0.15, 0.2) is 53.5 Å². The average Bonchev–Trinajstić information content (AvgIpc) is 2.81. The van der Waals surface area contributed by atoms with Gasteiger partial charge in [0, 0.05) is 18.3 Å². The van der Waals surface area contributed by atoms with Gasteiger partial charge in [0.05, 0.1) is 18.0 Å². The van der Waals surface area contributed by atoms with Gasteiger partial charge in [0.1, 0.15) is 23.6 Å². The van der Waals surface area contributed by atoms with E-state index in [4.69, 9.17) is 9.47 Å². The number of aldehydes is 1. The van der Waals surface area contributed by atoms with Crippen LogP contribution in [0, 0.1) is 5.41 Å². The summed E-state index contributed by atoms with van der Waals surface area (Å²) in [5.41, 5.74) is 2.49. The maximum absolute atomic E-state index is 12.8. The molecule has 3 heterocycles. The van der Waals surface area contributed by atoms with Gasteiger partial charge in [-0.1, -0.05) is 51.1 Å². The molecule has 0 radical (unpaired) electrons. The van der Waals surface area contributed by atoms with E-state index < -0.39 is 11.4 Å². The summed E-state index contributed by atoms with van der Waals surface area (Å²) >= 11 is 0. The molecule has 1 aliphatic heterocycles. The smallest absolute Gasteiger partial charge is 0.343 e. The molecule has 0 N–H and O–H groups in total. The van der Waals surface area contributed by atoms with Crippen molar-refractivity contribution in [3.05, 3.63) is 81.3 Å². The van der Waals surface area contributed by atoms with E-state index in [0.717, 1.165) is 11.1 Å². The standard InChI is InChI=1S/C27H28N2O5/c1-5-33-26(32)19-14-29-21(13-22(19)31)25-18(12-24(29)27(2,3)4)11-23(20(15-30)28-25)34-16-17-9-7-6-8-10-17/h6-11,13-15,24H,5,12,16H2,1-4H3. The minimum absolute atomic E-state index is 0.0123. The molecule has 3 aromatic rings. The topological polar surface area (TPSA) is 87.5 Å². The molecular formula is C27H28N2O5. The van der Waals surface area contributed by atoms with E-state index in [0.29, 0.717) is 36.5 Å². The lowest BCUT2D eigenvalue weighted by molar-refractivity contribution is 0.0523. The summed E-state index contributed by atoms with van der Waals surface area (Å²) in [6.07, 6.45) is 2.83. The Morgan fingerprint density at radius 2 is 1.94 bits per heavy atom. The Balaban J connectivity index is 1.82. The van der Waals surface area contributed by atoms with Crippen LogP contribution in [-0.2, 0) is 17.8 Å². The Morgan fingerprint density at radius 1 is 1.21 bits per heavy atom. The van der Waals surface area contributed by atoms with Gasteiger partial charge in [-0.2, -0.15) is 0 Å². The maximum Gasteiger partial charge on any atom is 0.343 e. The molecule has 0 amide bonds. The highest BCUT2D eigenvalue weighted by Gasteiger charge is 2.35. The van der Waals surface area contributed by atoms with Crippen LogP contribution in [-0.4, -0.2) is 28.4 Å². The van der Waals surface area contributed by atoms with Crippen molar-refractivity contribution in [3.63, 3.8) is 0 Å². The molecule has 34 heavy (non-hydrogen) atoms. The fourth-order valence-electron chi connectivity index (χ4n) is 4.25. The van der Waals surface area contributed by atoms with Crippen LogP contribution in [0.25, 0.3) is 11.4 Å². The van der Waals surface area contributed by atoms with E-state index in [1.165, 1.54) is 6.07 Å². The normalized spacial score (nSPS) is 14.6. The molecule has 7 nitrogen and oxygen atoms in total. The Labute approximate surface area is 198 Å². The van der Waals surface area contributed by atoms with E-state index in [1.54, 1.807) is 13.1 Å². The van der Waals surface area contributed by atoms with Crippen LogP contribution in [0.3, 0.4) is 0 Å². The molecule has 0 fully saturated rings. The van der Waals surface area contributed by atoms with Crippen molar-refractivity contribution >= 4 is 12.3 Å². The third-order valence-corrected chi connectivity index (χ3v) is 6.01. The second-order valence-electron chi connectivity index (χ2n) is 9.42. The SMILES string of the molecule is CCOC(=O)c1cn2c(cc1=O)-c1nc(C=O)c(OCc3ccccc3)cc1CC2C(C)(C)C. The van der Waals surface area contributed by atoms with Gasteiger partial charge in [-0.3, -0.25) is 9.59 Å². The number of carbonyl (C=O) groups excluding carboxylic acids is 2. The van der Waals surface area contributed by atoms with Crippen LogP contribution in [0.5, 0.6) is 5.75 Å². The lowest BCUT2D eigenvalue weighted by atomic mass is 9.79. The maximum atomic E-state index is 12.8. The van der Waals surface area contributed by atoms with Crippen molar-refractivity contribution in [2.75, 3.05) is 6.61 Å². The molecular weight excluding hydrogens is 432 g/mol. The first-order valence-electron chi connectivity index (χ1n) is 11.3. The van der Waals surface area contributed by atoms with Gasteiger partial charge in [0.2, 0.25) is 0 Å². The van der Waals surface area contributed by atoms with Gasteiger partial charge in [-0.05, 0) is 36.0 Å². The first-order valence-corrected chi connectivity index (χ1v) is 11.3. The second-order valence-corrected chi connectivity index (χ2v) is 9.42. The molecule has 176 valence electrons. The fourth-order valence-corrected chi connectivity index (χ4v) is 4.25.